The van der Waals surface area contributed by atoms with Crippen LogP contribution >= 0.6 is 11.3 Å². The third-order valence-corrected chi connectivity index (χ3v) is 5.92. The molecule has 1 aromatic rings. The van der Waals surface area contributed by atoms with Crippen LogP contribution in [0.4, 0.5) is 0 Å². The largest absolute Gasteiger partial charge is 0.334 e. The summed E-state index contributed by atoms with van der Waals surface area (Å²) in [5, 5.41) is 2.09. The van der Waals surface area contributed by atoms with Crippen molar-refractivity contribution in [2.24, 2.45) is 11.1 Å². The normalized spacial score (nSPS) is 21.8. The highest BCUT2D eigenvalue weighted by molar-refractivity contribution is 7.09. The van der Waals surface area contributed by atoms with Crippen LogP contribution < -0.4 is 5.73 Å². The molecule has 2 aliphatic carbocycles. The maximum atomic E-state index is 13.3. The topological polar surface area (TPSA) is 46.3 Å². The molecule has 2 N–H and O–H groups in total. The van der Waals surface area contributed by atoms with Crippen molar-refractivity contribution < 1.29 is 4.79 Å². The quantitative estimate of drug-likeness (QED) is 0.846. The second-order valence-electron chi connectivity index (χ2n) is 6.64. The minimum atomic E-state index is -0.281. The molecule has 1 heterocycles. The first-order valence-electron chi connectivity index (χ1n) is 8.29. The van der Waals surface area contributed by atoms with Crippen LogP contribution in [0.3, 0.4) is 0 Å². The van der Waals surface area contributed by atoms with Crippen molar-refractivity contribution in [3.8, 4) is 0 Å². The second kappa shape index (κ2) is 6.49. The molecule has 2 fully saturated rings. The van der Waals surface area contributed by atoms with Crippen molar-refractivity contribution in [3.05, 3.63) is 22.4 Å². The van der Waals surface area contributed by atoms with Gasteiger partial charge < -0.3 is 10.6 Å². The van der Waals surface area contributed by atoms with E-state index in [1.807, 2.05) is 0 Å². The van der Waals surface area contributed by atoms with Gasteiger partial charge in [0.15, 0.2) is 0 Å². The number of nitrogens with two attached hydrogens (primary N) is 1. The van der Waals surface area contributed by atoms with Gasteiger partial charge in [-0.05, 0) is 37.1 Å². The third-order valence-electron chi connectivity index (χ3n) is 5.06. The predicted octanol–water partition coefficient (Wildman–Crippen LogP) is 3.54. The lowest BCUT2D eigenvalue weighted by atomic mass is 9.79. The van der Waals surface area contributed by atoms with E-state index in [0.29, 0.717) is 18.5 Å². The van der Waals surface area contributed by atoms with Gasteiger partial charge in [0.25, 0.3) is 0 Å². The van der Waals surface area contributed by atoms with E-state index in [9.17, 15) is 4.79 Å². The summed E-state index contributed by atoms with van der Waals surface area (Å²) >= 11 is 1.75. The lowest BCUT2D eigenvalue weighted by Gasteiger charge is -2.36. The summed E-state index contributed by atoms with van der Waals surface area (Å²) in [7, 11) is 0. The Morgan fingerprint density at radius 1 is 1.29 bits per heavy atom. The van der Waals surface area contributed by atoms with Crippen molar-refractivity contribution in [1.82, 2.24) is 4.90 Å². The summed E-state index contributed by atoms with van der Waals surface area (Å²) in [6.07, 6.45) is 9.11. The van der Waals surface area contributed by atoms with Crippen LogP contribution in [0.25, 0.3) is 0 Å². The van der Waals surface area contributed by atoms with Crippen molar-refractivity contribution in [2.75, 3.05) is 6.54 Å². The molecule has 0 unspecified atom stereocenters. The Kier molecular flexibility index (Phi) is 4.65. The van der Waals surface area contributed by atoms with E-state index in [-0.39, 0.29) is 5.41 Å². The number of hydrogen-bond donors (Lipinski definition) is 1. The number of rotatable bonds is 5. The lowest BCUT2D eigenvalue weighted by Crippen LogP contribution is -2.48. The molecular formula is C17H26N2OS. The zero-order valence-corrected chi connectivity index (χ0v) is 13.5. The number of carbonyl (C=O) groups is 1. The molecule has 116 valence electrons. The third kappa shape index (κ3) is 3.32. The first kappa shape index (κ1) is 15.0. The number of amides is 1. The zero-order valence-electron chi connectivity index (χ0n) is 12.7. The van der Waals surface area contributed by atoms with Gasteiger partial charge in [-0.15, -0.1) is 11.3 Å². The Hall–Kier alpha value is -0.870. The van der Waals surface area contributed by atoms with E-state index in [1.54, 1.807) is 11.3 Å². The van der Waals surface area contributed by atoms with Crippen LogP contribution in [0.1, 0.15) is 56.2 Å². The first-order valence-corrected chi connectivity index (χ1v) is 9.17. The van der Waals surface area contributed by atoms with Gasteiger partial charge in [-0.2, -0.15) is 0 Å². The number of carbonyl (C=O) groups excluding carboxylic acids is 1. The molecule has 3 rings (SSSR count). The average Bonchev–Trinajstić information content (AvgIpc) is 3.27. The van der Waals surface area contributed by atoms with Gasteiger partial charge in [0.2, 0.25) is 5.91 Å². The smallest absolute Gasteiger partial charge is 0.230 e. The summed E-state index contributed by atoms with van der Waals surface area (Å²) in [6.45, 7) is 1.29. The Morgan fingerprint density at radius 3 is 2.52 bits per heavy atom. The van der Waals surface area contributed by atoms with Gasteiger partial charge in [0.1, 0.15) is 0 Å². The molecule has 0 atom stereocenters. The number of hydrogen-bond acceptors (Lipinski definition) is 3. The maximum absolute atomic E-state index is 13.3. The van der Waals surface area contributed by atoms with Gasteiger partial charge in [0, 0.05) is 17.5 Å². The predicted molar refractivity (Wildman–Crippen MR) is 87.1 cm³/mol. The van der Waals surface area contributed by atoms with Crippen LogP contribution in [-0.2, 0) is 11.3 Å². The fourth-order valence-electron chi connectivity index (χ4n) is 3.54. The zero-order chi connectivity index (χ0) is 14.7. The molecule has 3 nitrogen and oxygen atoms in total. The fourth-order valence-corrected chi connectivity index (χ4v) is 4.24. The summed E-state index contributed by atoms with van der Waals surface area (Å²) in [4.78, 5) is 16.7. The second-order valence-corrected chi connectivity index (χ2v) is 7.67. The molecule has 1 aromatic heterocycles. The maximum Gasteiger partial charge on any atom is 0.230 e. The Balaban J connectivity index is 1.78. The highest BCUT2D eigenvalue weighted by atomic mass is 32.1. The number of thiophene rings is 1. The van der Waals surface area contributed by atoms with Gasteiger partial charge >= 0.3 is 0 Å². The number of nitrogens with zero attached hydrogens (tertiary/aromatic N) is 1. The molecule has 4 heteroatoms. The molecule has 21 heavy (non-hydrogen) atoms. The van der Waals surface area contributed by atoms with E-state index in [2.05, 4.69) is 22.4 Å². The van der Waals surface area contributed by atoms with Gasteiger partial charge in [-0.3, -0.25) is 4.79 Å². The van der Waals surface area contributed by atoms with Crippen LogP contribution in [0.2, 0.25) is 0 Å². The molecule has 0 bridgehead atoms. The molecule has 0 aromatic carbocycles. The minimum Gasteiger partial charge on any atom is -0.334 e. The van der Waals surface area contributed by atoms with Crippen molar-refractivity contribution in [1.29, 1.82) is 0 Å². The van der Waals surface area contributed by atoms with Crippen molar-refractivity contribution >= 4 is 17.2 Å². The molecule has 2 saturated carbocycles. The molecule has 2 aliphatic rings. The Bertz CT molecular complexity index is 459. The van der Waals surface area contributed by atoms with Crippen LogP contribution in [-0.4, -0.2) is 23.4 Å². The standard InChI is InChI=1S/C17H26N2OS/c18-13-17(9-3-1-2-4-10-17)16(20)19(14-7-8-14)12-15-6-5-11-21-15/h5-6,11,14H,1-4,7-10,12-13,18H2. The van der Waals surface area contributed by atoms with E-state index in [0.717, 1.165) is 45.1 Å². The lowest BCUT2D eigenvalue weighted by molar-refractivity contribution is -0.143. The molecule has 0 saturated heterocycles. The summed E-state index contributed by atoms with van der Waals surface area (Å²) in [5.41, 5.74) is 5.81. The highest BCUT2D eigenvalue weighted by Crippen LogP contribution is 2.40. The van der Waals surface area contributed by atoms with E-state index in [1.165, 1.54) is 17.7 Å². The summed E-state index contributed by atoms with van der Waals surface area (Å²) in [6, 6.07) is 4.67. The van der Waals surface area contributed by atoms with Crippen molar-refractivity contribution in [2.45, 2.75) is 64.0 Å². The van der Waals surface area contributed by atoms with E-state index in [4.69, 9.17) is 5.73 Å². The molecular weight excluding hydrogens is 280 g/mol. The van der Waals surface area contributed by atoms with Crippen LogP contribution in [0, 0.1) is 5.41 Å². The fraction of sp³-hybridized carbons (Fsp3) is 0.706. The van der Waals surface area contributed by atoms with Gasteiger partial charge in [0.05, 0.1) is 12.0 Å². The summed E-state index contributed by atoms with van der Waals surface area (Å²) in [5.74, 6) is 0.336. The Morgan fingerprint density at radius 2 is 2.00 bits per heavy atom. The summed E-state index contributed by atoms with van der Waals surface area (Å²) < 4.78 is 0. The average molecular weight is 306 g/mol. The SMILES string of the molecule is NCC1(C(=O)N(Cc2cccs2)C2CC2)CCCCCC1. The highest BCUT2D eigenvalue weighted by Gasteiger charge is 2.44. The Labute approximate surface area is 131 Å². The molecule has 1 amide bonds. The monoisotopic (exact) mass is 306 g/mol. The van der Waals surface area contributed by atoms with E-state index >= 15 is 0 Å². The van der Waals surface area contributed by atoms with E-state index < -0.39 is 0 Å². The van der Waals surface area contributed by atoms with Gasteiger partial charge in [-0.25, -0.2) is 0 Å². The van der Waals surface area contributed by atoms with Crippen molar-refractivity contribution in [3.63, 3.8) is 0 Å². The first-order chi connectivity index (χ1) is 10.2. The van der Waals surface area contributed by atoms with Crippen LogP contribution in [0.15, 0.2) is 17.5 Å². The van der Waals surface area contributed by atoms with Gasteiger partial charge in [-0.1, -0.05) is 31.7 Å². The molecule has 0 radical (unpaired) electrons. The molecule has 0 spiro atoms. The molecule has 0 aliphatic heterocycles. The van der Waals surface area contributed by atoms with Crippen LogP contribution in [0.5, 0.6) is 0 Å². The minimum absolute atomic E-state index is 0.281.